The molecule has 6 heteroatoms. The number of nitrogens with one attached hydrogen (secondary N) is 1. The Hall–Kier alpha value is -0.430. The quantitative estimate of drug-likeness (QED) is 0.708. The number of hydrogen-bond acceptors (Lipinski definition) is 3. The Bertz CT molecular complexity index is 559. The van der Waals surface area contributed by atoms with E-state index in [0.717, 1.165) is 29.4 Å². The summed E-state index contributed by atoms with van der Waals surface area (Å²) in [6, 6.07) is 5.58. The van der Waals surface area contributed by atoms with E-state index < -0.39 is 10.0 Å². The van der Waals surface area contributed by atoms with E-state index in [4.69, 9.17) is 0 Å². The highest BCUT2D eigenvalue weighted by molar-refractivity contribution is 9.10. The van der Waals surface area contributed by atoms with Crippen molar-refractivity contribution in [1.29, 1.82) is 0 Å². The number of hydrogen-bond donors (Lipinski definition) is 1. The molecule has 0 heterocycles. The van der Waals surface area contributed by atoms with Gasteiger partial charge in [0.05, 0.1) is 4.90 Å². The van der Waals surface area contributed by atoms with Crippen molar-refractivity contribution in [2.24, 2.45) is 0 Å². The second-order valence-corrected chi connectivity index (χ2v) is 8.21. The van der Waals surface area contributed by atoms with Crippen LogP contribution in [0.5, 0.6) is 0 Å². The first kappa shape index (κ1) is 18.6. The van der Waals surface area contributed by atoms with Crippen molar-refractivity contribution in [2.45, 2.75) is 44.6 Å². The molecule has 0 unspecified atom stereocenters. The number of aryl methyl sites for hydroxylation is 1. The lowest BCUT2D eigenvalue weighted by Crippen LogP contribution is -2.29. The number of unbranched alkanes of at least 4 members (excludes halogenated alkanes) is 1. The molecular weight excluding hydrogens is 352 g/mol. The maximum absolute atomic E-state index is 12.2. The van der Waals surface area contributed by atoms with E-state index in [9.17, 15) is 8.42 Å². The second kappa shape index (κ2) is 8.27. The van der Waals surface area contributed by atoms with E-state index in [2.05, 4.69) is 46.4 Å². The van der Waals surface area contributed by atoms with Crippen LogP contribution in [0.3, 0.4) is 0 Å². The van der Waals surface area contributed by atoms with Gasteiger partial charge in [0.25, 0.3) is 0 Å². The Kier molecular flexibility index (Phi) is 7.33. The lowest BCUT2D eigenvalue weighted by atomic mass is 10.2. The monoisotopic (exact) mass is 376 g/mol. The molecule has 0 aromatic heterocycles. The van der Waals surface area contributed by atoms with Crippen molar-refractivity contribution >= 4 is 26.0 Å². The van der Waals surface area contributed by atoms with Crippen LogP contribution in [-0.4, -0.2) is 39.5 Å². The summed E-state index contributed by atoms with van der Waals surface area (Å²) in [7, 11) is -1.32. The Morgan fingerprint density at radius 1 is 1.29 bits per heavy atom. The van der Waals surface area contributed by atoms with Crippen LogP contribution in [0.2, 0.25) is 0 Å². The van der Waals surface area contributed by atoms with Gasteiger partial charge in [0.2, 0.25) is 10.0 Å². The summed E-state index contributed by atoms with van der Waals surface area (Å²) >= 11 is 3.37. The minimum atomic E-state index is -3.40. The molecule has 1 rings (SSSR count). The van der Waals surface area contributed by atoms with Crippen molar-refractivity contribution in [3.05, 3.63) is 28.2 Å². The highest BCUT2D eigenvalue weighted by Gasteiger charge is 2.14. The first-order chi connectivity index (χ1) is 9.74. The zero-order chi connectivity index (χ0) is 16.0. The molecule has 1 aromatic rings. The normalized spacial score (nSPS) is 12.3. The number of rotatable bonds is 8. The first-order valence-electron chi connectivity index (χ1n) is 7.20. The third kappa shape index (κ3) is 6.06. The molecule has 0 saturated carbocycles. The molecule has 0 atom stereocenters. The topological polar surface area (TPSA) is 49.4 Å². The lowest BCUT2D eigenvalue weighted by molar-refractivity contribution is 0.268. The third-order valence-corrected chi connectivity index (χ3v) is 5.90. The summed E-state index contributed by atoms with van der Waals surface area (Å²) in [5, 5.41) is 0. The molecule has 120 valence electrons. The standard InChI is InChI=1S/C15H25BrN2O2S/c1-12(2)18(4)10-6-5-9-17-21(19,20)14-7-8-15(16)13(3)11-14/h7-8,11-12,17H,5-6,9-10H2,1-4H3. The predicted molar refractivity (Wildman–Crippen MR) is 91.1 cm³/mol. The minimum Gasteiger partial charge on any atom is -0.304 e. The summed E-state index contributed by atoms with van der Waals surface area (Å²) in [4.78, 5) is 2.58. The zero-order valence-electron chi connectivity index (χ0n) is 13.2. The summed E-state index contributed by atoms with van der Waals surface area (Å²) < 4.78 is 27.9. The van der Waals surface area contributed by atoms with Gasteiger partial charge in [0.15, 0.2) is 0 Å². The smallest absolute Gasteiger partial charge is 0.240 e. The van der Waals surface area contributed by atoms with Gasteiger partial charge in [0, 0.05) is 17.1 Å². The third-order valence-electron chi connectivity index (χ3n) is 3.55. The van der Waals surface area contributed by atoms with Gasteiger partial charge in [-0.3, -0.25) is 0 Å². The molecule has 0 amide bonds. The molecular formula is C15H25BrN2O2S. The van der Waals surface area contributed by atoms with E-state index in [1.54, 1.807) is 18.2 Å². The van der Waals surface area contributed by atoms with E-state index >= 15 is 0 Å². The highest BCUT2D eigenvalue weighted by atomic mass is 79.9. The summed E-state index contributed by atoms with van der Waals surface area (Å²) in [5.74, 6) is 0. The Labute approximate surface area is 137 Å². The molecule has 21 heavy (non-hydrogen) atoms. The summed E-state index contributed by atoms with van der Waals surface area (Å²) in [6.45, 7) is 7.64. The Morgan fingerprint density at radius 3 is 2.52 bits per heavy atom. The molecule has 0 aliphatic heterocycles. The molecule has 1 aromatic carbocycles. The largest absolute Gasteiger partial charge is 0.304 e. The fourth-order valence-corrected chi connectivity index (χ4v) is 3.22. The zero-order valence-corrected chi connectivity index (χ0v) is 15.6. The van der Waals surface area contributed by atoms with Crippen LogP contribution in [0, 0.1) is 6.92 Å². The molecule has 0 aliphatic rings. The second-order valence-electron chi connectivity index (χ2n) is 5.59. The Morgan fingerprint density at radius 2 is 1.95 bits per heavy atom. The van der Waals surface area contributed by atoms with Crippen molar-refractivity contribution in [2.75, 3.05) is 20.1 Å². The van der Waals surface area contributed by atoms with Gasteiger partial charge in [-0.15, -0.1) is 0 Å². The van der Waals surface area contributed by atoms with Crippen molar-refractivity contribution < 1.29 is 8.42 Å². The van der Waals surface area contributed by atoms with E-state index in [0.29, 0.717) is 17.5 Å². The van der Waals surface area contributed by atoms with Crippen LogP contribution < -0.4 is 4.72 Å². The predicted octanol–water partition coefficient (Wildman–Crippen LogP) is 3.16. The minimum absolute atomic E-state index is 0.322. The maximum atomic E-state index is 12.2. The fraction of sp³-hybridized carbons (Fsp3) is 0.600. The first-order valence-corrected chi connectivity index (χ1v) is 9.47. The molecule has 0 fully saturated rings. The van der Waals surface area contributed by atoms with Crippen molar-refractivity contribution in [1.82, 2.24) is 9.62 Å². The van der Waals surface area contributed by atoms with Crippen LogP contribution in [-0.2, 0) is 10.0 Å². The van der Waals surface area contributed by atoms with Crippen LogP contribution in [0.25, 0.3) is 0 Å². The van der Waals surface area contributed by atoms with Gasteiger partial charge in [-0.25, -0.2) is 13.1 Å². The van der Waals surface area contributed by atoms with Gasteiger partial charge in [-0.1, -0.05) is 15.9 Å². The van der Waals surface area contributed by atoms with Crippen molar-refractivity contribution in [3.8, 4) is 0 Å². The van der Waals surface area contributed by atoms with Crippen LogP contribution in [0.4, 0.5) is 0 Å². The number of halogens is 1. The Balaban J connectivity index is 2.45. The highest BCUT2D eigenvalue weighted by Crippen LogP contribution is 2.19. The van der Waals surface area contributed by atoms with E-state index in [1.165, 1.54) is 0 Å². The average molecular weight is 377 g/mol. The number of benzene rings is 1. The number of nitrogens with zero attached hydrogens (tertiary/aromatic N) is 1. The molecule has 0 spiro atoms. The van der Waals surface area contributed by atoms with Crippen LogP contribution >= 0.6 is 15.9 Å². The van der Waals surface area contributed by atoms with Gasteiger partial charge >= 0.3 is 0 Å². The molecule has 1 N–H and O–H groups in total. The average Bonchev–Trinajstić information content (AvgIpc) is 2.40. The fourth-order valence-electron chi connectivity index (χ4n) is 1.82. The number of sulfonamides is 1. The molecule has 0 aliphatic carbocycles. The lowest BCUT2D eigenvalue weighted by Gasteiger charge is -2.20. The van der Waals surface area contributed by atoms with Gasteiger partial charge < -0.3 is 4.90 Å². The van der Waals surface area contributed by atoms with Crippen LogP contribution in [0.15, 0.2) is 27.6 Å². The molecule has 0 radical (unpaired) electrons. The summed E-state index contributed by atoms with van der Waals surface area (Å²) in [6.07, 6.45) is 1.82. The van der Waals surface area contributed by atoms with Crippen LogP contribution in [0.1, 0.15) is 32.3 Å². The van der Waals surface area contributed by atoms with Gasteiger partial charge in [-0.2, -0.15) is 0 Å². The maximum Gasteiger partial charge on any atom is 0.240 e. The van der Waals surface area contributed by atoms with E-state index in [1.807, 2.05) is 6.92 Å². The van der Waals surface area contributed by atoms with Gasteiger partial charge in [0.1, 0.15) is 0 Å². The van der Waals surface area contributed by atoms with Crippen molar-refractivity contribution in [3.63, 3.8) is 0 Å². The molecule has 4 nitrogen and oxygen atoms in total. The molecule has 0 bridgehead atoms. The summed E-state index contributed by atoms with van der Waals surface area (Å²) in [5.41, 5.74) is 0.913. The SMILES string of the molecule is Cc1cc(S(=O)(=O)NCCCCN(C)C(C)C)ccc1Br. The van der Waals surface area contributed by atoms with E-state index in [-0.39, 0.29) is 0 Å². The van der Waals surface area contributed by atoms with Gasteiger partial charge in [-0.05, 0) is 71.0 Å². The molecule has 0 saturated heterocycles.